The van der Waals surface area contributed by atoms with E-state index in [4.69, 9.17) is 9.47 Å². The lowest BCUT2D eigenvalue weighted by atomic mass is 10.00. The van der Waals surface area contributed by atoms with Crippen LogP contribution >= 0.6 is 0 Å². The molecule has 0 N–H and O–H groups in total. The number of ether oxygens (including phenoxy) is 2. The quantitative estimate of drug-likeness (QED) is 0.391. The summed E-state index contributed by atoms with van der Waals surface area (Å²) in [6.07, 6.45) is 5.81. The van der Waals surface area contributed by atoms with E-state index in [1.807, 2.05) is 18.2 Å². The minimum atomic E-state index is -0.490. The molecule has 1 aromatic rings. The maximum atomic E-state index is 12.5. The normalized spacial score (nSPS) is 15.9. The number of rotatable bonds is 8. The Balaban J connectivity index is 2.13. The molecule has 0 saturated heterocycles. The van der Waals surface area contributed by atoms with Crippen molar-refractivity contribution in [3.63, 3.8) is 0 Å². The summed E-state index contributed by atoms with van der Waals surface area (Å²) >= 11 is 0. The smallest absolute Gasteiger partial charge is 0.349 e. The Labute approximate surface area is 150 Å². The molecule has 0 amide bonds. The molecule has 134 valence electrons. The molecule has 4 heteroatoms. The molecule has 0 spiro atoms. The van der Waals surface area contributed by atoms with E-state index in [1.54, 1.807) is 7.11 Å². The van der Waals surface area contributed by atoms with Crippen LogP contribution in [0, 0.1) is 17.2 Å². The number of methoxy groups -OCH3 is 1. The molecule has 4 nitrogen and oxygen atoms in total. The van der Waals surface area contributed by atoms with Crippen LogP contribution in [-0.2, 0) is 16.0 Å². The summed E-state index contributed by atoms with van der Waals surface area (Å²) in [5.74, 6) is 0.674. The first kappa shape index (κ1) is 19.1. The van der Waals surface area contributed by atoms with Crippen LogP contribution in [-0.4, -0.2) is 19.7 Å². The minimum absolute atomic E-state index is 0.147. The number of nitrogens with zero attached hydrogens (tertiary/aromatic N) is 1. The predicted molar refractivity (Wildman–Crippen MR) is 98.1 cm³/mol. The zero-order chi connectivity index (χ0) is 18.2. The van der Waals surface area contributed by atoms with E-state index in [2.05, 4.69) is 19.9 Å². The fourth-order valence-corrected chi connectivity index (χ4v) is 3.25. The van der Waals surface area contributed by atoms with Gasteiger partial charge in [0.15, 0.2) is 0 Å². The van der Waals surface area contributed by atoms with Crippen molar-refractivity contribution in [2.75, 3.05) is 13.7 Å². The molecule has 1 unspecified atom stereocenters. The number of benzene rings is 1. The molecule has 25 heavy (non-hydrogen) atoms. The maximum absolute atomic E-state index is 12.5. The third kappa shape index (κ3) is 4.63. The zero-order valence-electron chi connectivity index (χ0n) is 15.4. The van der Waals surface area contributed by atoms with Gasteiger partial charge in [-0.2, -0.15) is 5.26 Å². The van der Waals surface area contributed by atoms with E-state index in [-0.39, 0.29) is 5.57 Å². The maximum Gasteiger partial charge on any atom is 0.349 e. The van der Waals surface area contributed by atoms with Gasteiger partial charge in [0.2, 0.25) is 0 Å². The van der Waals surface area contributed by atoms with Crippen LogP contribution in [0.2, 0.25) is 0 Å². The molecule has 1 aliphatic carbocycles. The second kappa shape index (κ2) is 9.27. The summed E-state index contributed by atoms with van der Waals surface area (Å²) < 4.78 is 10.7. The Morgan fingerprint density at radius 3 is 2.76 bits per heavy atom. The molecule has 0 saturated carbocycles. The standard InChI is InChI=1S/C21H27NO3/c1-4-6-7-15(5-2)14-25-21(23)20(13-22)19-10-8-16-12-17(24-3)9-11-18(16)19/h9,11-12,15H,4-8,10,14H2,1-3H3/b20-19+. The van der Waals surface area contributed by atoms with Crippen LogP contribution in [0.1, 0.15) is 57.1 Å². The molecule has 0 radical (unpaired) electrons. The first-order chi connectivity index (χ1) is 12.1. The molecule has 1 aliphatic rings. The van der Waals surface area contributed by atoms with Crippen molar-refractivity contribution in [3.05, 3.63) is 34.9 Å². The fourth-order valence-electron chi connectivity index (χ4n) is 3.25. The molecular formula is C21H27NO3. The summed E-state index contributed by atoms with van der Waals surface area (Å²) in [6.45, 7) is 4.66. The number of hydrogen-bond donors (Lipinski definition) is 0. The molecule has 0 bridgehead atoms. The summed E-state index contributed by atoms with van der Waals surface area (Å²) in [5.41, 5.74) is 3.03. The van der Waals surface area contributed by atoms with E-state index in [0.29, 0.717) is 18.9 Å². The van der Waals surface area contributed by atoms with Crippen LogP contribution < -0.4 is 4.74 Å². The second-order valence-electron chi connectivity index (χ2n) is 6.50. The highest BCUT2D eigenvalue weighted by molar-refractivity contribution is 6.02. The Kier molecular flexibility index (Phi) is 7.06. The Morgan fingerprint density at radius 1 is 1.32 bits per heavy atom. The SMILES string of the molecule is CCCCC(CC)COC(=O)/C(C#N)=C1\CCc2cc(OC)ccc21. The molecule has 2 rings (SSSR count). The van der Waals surface area contributed by atoms with Crippen LogP contribution in [0.4, 0.5) is 0 Å². The van der Waals surface area contributed by atoms with Gasteiger partial charge in [0, 0.05) is 0 Å². The Hall–Kier alpha value is -2.28. The van der Waals surface area contributed by atoms with Gasteiger partial charge in [0.25, 0.3) is 0 Å². The Bertz CT molecular complexity index is 685. The Morgan fingerprint density at radius 2 is 2.12 bits per heavy atom. The lowest BCUT2D eigenvalue weighted by Crippen LogP contribution is -2.15. The highest BCUT2D eigenvalue weighted by atomic mass is 16.5. The number of fused-ring (bicyclic) bond motifs is 1. The number of carbonyl (C=O) groups excluding carboxylic acids is 1. The lowest BCUT2D eigenvalue weighted by molar-refractivity contribution is -0.139. The molecule has 1 aromatic carbocycles. The van der Waals surface area contributed by atoms with Crippen LogP contribution in [0.3, 0.4) is 0 Å². The van der Waals surface area contributed by atoms with Crippen molar-refractivity contribution in [2.24, 2.45) is 5.92 Å². The third-order valence-electron chi connectivity index (χ3n) is 4.89. The number of aryl methyl sites for hydroxylation is 1. The van der Waals surface area contributed by atoms with Gasteiger partial charge in [0.1, 0.15) is 17.4 Å². The first-order valence-electron chi connectivity index (χ1n) is 9.12. The van der Waals surface area contributed by atoms with Gasteiger partial charge in [-0.25, -0.2) is 4.79 Å². The van der Waals surface area contributed by atoms with E-state index in [0.717, 1.165) is 54.6 Å². The molecular weight excluding hydrogens is 314 g/mol. The monoisotopic (exact) mass is 341 g/mol. The van der Waals surface area contributed by atoms with Gasteiger partial charge in [-0.1, -0.05) is 39.2 Å². The molecule has 1 atom stereocenters. The molecule has 0 aromatic heterocycles. The topological polar surface area (TPSA) is 59.3 Å². The van der Waals surface area contributed by atoms with Crippen molar-refractivity contribution in [1.29, 1.82) is 5.26 Å². The van der Waals surface area contributed by atoms with Crippen LogP contribution in [0.25, 0.3) is 5.57 Å². The number of nitriles is 1. The fraction of sp³-hybridized carbons (Fsp3) is 0.524. The number of esters is 1. The van der Waals surface area contributed by atoms with Crippen LogP contribution in [0.15, 0.2) is 23.8 Å². The van der Waals surface area contributed by atoms with E-state index >= 15 is 0 Å². The van der Waals surface area contributed by atoms with Gasteiger partial charge < -0.3 is 9.47 Å². The minimum Gasteiger partial charge on any atom is -0.497 e. The van der Waals surface area contributed by atoms with Crippen molar-refractivity contribution in [3.8, 4) is 11.8 Å². The summed E-state index contributed by atoms with van der Waals surface area (Å²) in [4.78, 5) is 12.5. The van der Waals surface area contributed by atoms with Gasteiger partial charge in [-0.15, -0.1) is 0 Å². The number of allylic oxidation sites excluding steroid dienone is 1. The number of unbranched alkanes of at least 4 members (excludes halogenated alkanes) is 1. The summed E-state index contributed by atoms with van der Waals surface area (Å²) in [5, 5.41) is 9.51. The number of hydrogen-bond acceptors (Lipinski definition) is 4. The third-order valence-corrected chi connectivity index (χ3v) is 4.89. The van der Waals surface area contributed by atoms with Crippen molar-refractivity contribution in [1.82, 2.24) is 0 Å². The van der Waals surface area contributed by atoms with E-state index in [1.165, 1.54) is 0 Å². The van der Waals surface area contributed by atoms with Crippen molar-refractivity contribution < 1.29 is 14.3 Å². The van der Waals surface area contributed by atoms with E-state index < -0.39 is 5.97 Å². The van der Waals surface area contributed by atoms with Gasteiger partial charge in [-0.05, 0) is 54.0 Å². The first-order valence-corrected chi connectivity index (χ1v) is 9.12. The lowest BCUT2D eigenvalue weighted by Gasteiger charge is -2.15. The largest absolute Gasteiger partial charge is 0.497 e. The van der Waals surface area contributed by atoms with Crippen molar-refractivity contribution >= 4 is 11.5 Å². The number of carbonyl (C=O) groups is 1. The average molecular weight is 341 g/mol. The van der Waals surface area contributed by atoms with Crippen molar-refractivity contribution in [2.45, 2.75) is 52.4 Å². The molecule has 0 aliphatic heterocycles. The predicted octanol–water partition coefficient (Wildman–Crippen LogP) is 4.68. The van der Waals surface area contributed by atoms with Gasteiger partial charge >= 0.3 is 5.97 Å². The van der Waals surface area contributed by atoms with E-state index in [9.17, 15) is 10.1 Å². The molecule has 0 fully saturated rings. The van der Waals surface area contributed by atoms with Crippen LogP contribution in [0.5, 0.6) is 5.75 Å². The second-order valence-corrected chi connectivity index (χ2v) is 6.50. The summed E-state index contributed by atoms with van der Waals surface area (Å²) in [7, 11) is 1.63. The highest BCUT2D eigenvalue weighted by Crippen LogP contribution is 2.36. The average Bonchev–Trinajstić information content (AvgIpc) is 3.05. The van der Waals surface area contributed by atoms with Gasteiger partial charge in [0.05, 0.1) is 13.7 Å². The van der Waals surface area contributed by atoms with Gasteiger partial charge in [-0.3, -0.25) is 0 Å². The summed E-state index contributed by atoms with van der Waals surface area (Å²) in [6, 6.07) is 7.84. The highest BCUT2D eigenvalue weighted by Gasteiger charge is 2.25. The zero-order valence-corrected chi connectivity index (χ0v) is 15.4. The molecule has 0 heterocycles.